The minimum absolute atomic E-state index is 0.368. The summed E-state index contributed by atoms with van der Waals surface area (Å²) in [6, 6.07) is 5.85. The number of hydrogen-bond acceptors (Lipinski definition) is 3. The zero-order valence-electron chi connectivity index (χ0n) is 10.3. The Bertz CT molecular complexity index is 617. The maximum atomic E-state index is 11.2. The minimum Gasteiger partial charge on any atom is -0.366 e. The fourth-order valence-electron chi connectivity index (χ4n) is 2.57. The predicted octanol–water partition coefficient (Wildman–Crippen LogP) is 0.842. The van der Waals surface area contributed by atoms with Gasteiger partial charge in [-0.2, -0.15) is 0 Å². The molecule has 1 amide bonds. The molecule has 94 valence electrons. The van der Waals surface area contributed by atoms with Crippen LogP contribution in [0, 0.1) is 0 Å². The summed E-state index contributed by atoms with van der Waals surface area (Å²) in [4.78, 5) is 15.8. The Balaban J connectivity index is 2.21. The smallest absolute Gasteiger partial charge is 0.248 e. The minimum atomic E-state index is -0.408. The summed E-state index contributed by atoms with van der Waals surface area (Å²) in [5.41, 5.74) is 7.74. The predicted molar refractivity (Wildman–Crippen MR) is 69.5 cm³/mol. The second-order valence-electron chi connectivity index (χ2n) is 4.77. The first-order valence-corrected chi connectivity index (χ1v) is 6.18. The van der Waals surface area contributed by atoms with E-state index >= 15 is 0 Å². The van der Waals surface area contributed by atoms with Crippen molar-refractivity contribution in [3.63, 3.8) is 0 Å². The summed E-state index contributed by atoms with van der Waals surface area (Å²) in [5.74, 6) is 0.666. The van der Waals surface area contributed by atoms with Crippen LogP contribution in [0.4, 0.5) is 0 Å². The number of aromatic nitrogens is 2. The highest BCUT2D eigenvalue weighted by molar-refractivity contribution is 5.96. The Labute approximate surface area is 105 Å². The van der Waals surface area contributed by atoms with Crippen LogP contribution in [0.2, 0.25) is 0 Å². The van der Waals surface area contributed by atoms with Gasteiger partial charge in [0.1, 0.15) is 5.82 Å². The molecule has 1 atom stereocenters. The number of fused-ring (bicyclic) bond motifs is 3. The van der Waals surface area contributed by atoms with Gasteiger partial charge in [0, 0.05) is 31.1 Å². The zero-order valence-corrected chi connectivity index (χ0v) is 10.3. The van der Waals surface area contributed by atoms with E-state index in [4.69, 9.17) is 5.73 Å². The normalized spacial score (nSPS) is 19.5. The van der Waals surface area contributed by atoms with Crippen LogP contribution in [0.15, 0.2) is 18.2 Å². The van der Waals surface area contributed by atoms with Crippen LogP contribution < -0.4 is 11.1 Å². The molecule has 0 radical (unpaired) electrons. The molecule has 1 unspecified atom stereocenters. The first kappa shape index (κ1) is 11.2. The standard InChI is InChI=1S/C13H16N4O/c1-8-7-15-5-4-12-16-10-6-9(13(14)18)2-3-11(10)17(8)12/h2-3,6,8,15H,4-5,7H2,1H3,(H2,14,18). The number of carbonyl (C=O) groups excluding carboxylic acids is 1. The highest BCUT2D eigenvalue weighted by Gasteiger charge is 2.18. The third-order valence-corrected chi connectivity index (χ3v) is 3.45. The van der Waals surface area contributed by atoms with Crippen LogP contribution in [0.25, 0.3) is 11.0 Å². The SMILES string of the molecule is CC1CNCCc2nc3cc(C(N)=O)ccc3n21. The number of benzene rings is 1. The van der Waals surface area contributed by atoms with Crippen molar-refractivity contribution in [1.82, 2.24) is 14.9 Å². The second-order valence-corrected chi connectivity index (χ2v) is 4.77. The van der Waals surface area contributed by atoms with Crippen molar-refractivity contribution in [3.8, 4) is 0 Å². The second kappa shape index (κ2) is 4.10. The van der Waals surface area contributed by atoms with Crippen LogP contribution in [0.1, 0.15) is 29.1 Å². The van der Waals surface area contributed by atoms with Crippen molar-refractivity contribution in [2.24, 2.45) is 5.73 Å². The topological polar surface area (TPSA) is 72.9 Å². The average molecular weight is 244 g/mol. The molecule has 0 aliphatic carbocycles. The molecule has 1 aromatic heterocycles. The van der Waals surface area contributed by atoms with E-state index < -0.39 is 5.91 Å². The van der Waals surface area contributed by atoms with Crippen molar-refractivity contribution in [3.05, 3.63) is 29.6 Å². The summed E-state index contributed by atoms with van der Waals surface area (Å²) in [6.07, 6.45) is 0.908. The molecule has 0 saturated heterocycles. The van der Waals surface area contributed by atoms with E-state index in [0.29, 0.717) is 11.6 Å². The van der Waals surface area contributed by atoms with Crippen LogP contribution in [0.5, 0.6) is 0 Å². The zero-order chi connectivity index (χ0) is 12.7. The third-order valence-electron chi connectivity index (χ3n) is 3.45. The van der Waals surface area contributed by atoms with E-state index in [1.807, 2.05) is 6.07 Å². The molecular formula is C13H16N4O. The van der Waals surface area contributed by atoms with Gasteiger partial charge in [-0.1, -0.05) is 0 Å². The van der Waals surface area contributed by atoms with E-state index in [2.05, 4.69) is 21.8 Å². The maximum Gasteiger partial charge on any atom is 0.248 e. The lowest BCUT2D eigenvalue weighted by Gasteiger charge is -2.13. The first-order valence-electron chi connectivity index (χ1n) is 6.18. The third kappa shape index (κ3) is 1.67. The van der Waals surface area contributed by atoms with Gasteiger partial charge in [-0.15, -0.1) is 0 Å². The summed E-state index contributed by atoms with van der Waals surface area (Å²) in [7, 11) is 0. The fraction of sp³-hybridized carbons (Fsp3) is 0.385. The molecule has 1 aliphatic rings. The molecule has 3 N–H and O–H groups in total. The van der Waals surface area contributed by atoms with Gasteiger partial charge in [-0.3, -0.25) is 4.79 Å². The van der Waals surface area contributed by atoms with Crippen molar-refractivity contribution < 1.29 is 4.79 Å². The molecule has 18 heavy (non-hydrogen) atoms. The van der Waals surface area contributed by atoms with E-state index in [1.165, 1.54) is 0 Å². The Morgan fingerprint density at radius 2 is 2.39 bits per heavy atom. The molecule has 2 heterocycles. The summed E-state index contributed by atoms with van der Waals surface area (Å²) < 4.78 is 2.25. The number of rotatable bonds is 1. The highest BCUT2D eigenvalue weighted by atomic mass is 16.1. The summed E-state index contributed by atoms with van der Waals surface area (Å²) in [5, 5.41) is 3.39. The molecule has 2 aromatic rings. The maximum absolute atomic E-state index is 11.2. The van der Waals surface area contributed by atoms with Gasteiger partial charge >= 0.3 is 0 Å². The van der Waals surface area contributed by atoms with Gasteiger partial charge in [0.2, 0.25) is 5.91 Å². The van der Waals surface area contributed by atoms with Gasteiger partial charge in [-0.25, -0.2) is 4.98 Å². The van der Waals surface area contributed by atoms with Crippen molar-refractivity contribution in [2.75, 3.05) is 13.1 Å². The lowest BCUT2D eigenvalue weighted by atomic mass is 10.2. The molecule has 1 aromatic carbocycles. The van der Waals surface area contributed by atoms with E-state index in [9.17, 15) is 4.79 Å². The largest absolute Gasteiger partial charge is 0.366 e. The number of nitrogens with one attached hydrogen (secondary N) is 1. The van der Waals surface area contributed by atoms with Crippen LogP contribution in [-0.2, 0) is 6.42 Å². The van der Waals surface area contributed by atoms with Crippen molar-refractivity contribution in [2.45, 2.75) is 19.4 Å². The first-order chi connectivity index (χ1) is 8.66. The number of primary amides is 1. The lowest BCUT2D eigenvalue weighted by molar-refractivity contribution is 0.100. The van der Waals surface area contributed by atoms with Crippen LogP contribution in [0.3, 0.4) is 0 Å². The average Bonchev–Trinajstić information content (AvgIpc) is 2.61. The number of amides is 1. The Hall–Kier alpha value is -1.88. The number of nitrogens with two attached hydrogens (primary N) is 1. The fourth-order valence-corrected chi connectivity index (χ4v) is 2.57. The Morgan fingerprint density at radius 3 is 3.17 bits per heavy atom. The molecule has 1 aliphatic heterocycles. The van der Waals surface area contributed by atoms with Gasteiger partial charge in [-0.05, 0) is 25.1 Å². The molecule has 0 bridgehead atoms. The molecular weight excluding hydrogens is 228 g/mol. The van der Waals surface area contributed by atoms with Gasteiger partial charge in [0.15, 0.2) is 0 Å². The van der Waals surface area contributed by atoms with Gasteiger partial charge < -0.3 is 15.6 Å². The Morgan fingerprint density at radius 1 is 1.56 bits per heavy atom. The van der Waals surface area contributed by atoms with Crippen LogP contribution >= 0.6 is 0 Å². The molecule has 5 heteroatoms. The number of hydrogen-bond donors (Lipinski definition) is 2. The number of nitrogens with zero attached hydrogens (tertiary/aromatic N) is 2. The molecule has 0 saturated carbocycles. The van der Waals surface area contributed by atoms with Crippen molar-refractivity contribution in [1.29, 1.82) is 0 Å². The highest BCUT2D eigenvalue weighted by Crippen LogP contribution is 2.23. The van der Waals surface area contributed by atoms with Crippen LogP contribution in [-0.4, -0.2) is 28.5 Å². The van der Waals surface area contributed by atoms with E-state index in [0.717, 1.165) is 36.4 Å². The molecule has 5 nitrogen and oxygen atoms in total. The van der Waals surface area contributed by atoms with Crippen molar-refractivity contribution >= 4 is 16.9 Å². The van der Waals surface area contributed by atoms with E-state index in [1.54, 1.807) is 12.1 Å². The number of imidazole rings is 1. The summed E-state index contributed by atoms with van der Waals surface area (Å²) in [6.45, 7) is 4.05. The lowest BCUT2D eigenvalue weighted by Crippen LogP contribution is -2.20. The quantitative estimate of drug-likeness (QED) is 0.780. The van der Waals surface area contributed by atoms with Gasteiger partial charge in [0.05, 0.1) is 11.0 Å². The Kier molecular flexibility index (Phi) is 2.56. The molecule has 0 spiro atoms. The van der Waals surface area contributed by atoms with Gasteiger partial charge in [0.25, 0.3) is 0 Å². The molecule has 0 fully saturated rings. The van der Waals surface area contributed by atoms with E-state index in [-0.39, 0.29) is 0 Å². The number of carbonyl (C=O) groups is 1. The summed E-state index contributed by atoms with van der Waals surface area (Å²) >= 11 is 0. The monoisotopic (exact) mass is 244 g/mol. The molecule has 3 rings (SSSR count).